The van der Waals surface area contributed by atoms with Crippen LogP contribution in [0.5, 0.6) is 0 Å². The van der Waals surface area contributed by atoms with Gasteiger partial charge in [-0.2, -0.15) is 0 Å². The standard InChI is InChI=1S/C26H28N4O5/c1-2-13-28-29-25(32)19-5-3-17(4-6-19)15-30-22-14-20(8-7-18(22)9-12-24(30)31)23-11-10-21(35-23)16-34-26(27)33/h3-8,10-11,14,28H,2,9,12-13,15-16H2,1H3,(H2,27,33)(H,29,32). The van der Waals surface area contributed by atoms with Crippen LogP contribution in [-0.2, 0) is 29.1 Å². The molecule has 0 fully saturated rings. The second-order valence-electron chi connectivity index (χ2n) is 8.27. The van der Waals surface area contributed by atoms with Crippen molar-refractivity contribution in [3.8, 4) is 11.3 Å². The number of carbonyl (C=O) groups excluding carboxylic acids is 3. The molecule has 2 heterocycles. The van der Waals surface area contributed by atoms with Gasteiger partial charge in [-0.15, -0.1) is 0 Å². The second-order valence-corrected chi connectivity index (χ2v) is 8.27. The predicted molar refractivity (Wildman–Crippen MR) is 130 cm³/mol. The number of furan rings is 1. The molecule has 1 aromatic heterocycles. The molecule has 182 valence electrons. The maximum atomic E-state index is 12.9. The van der Waals surface area contributed by atoms with Gasteiger partial charge in [0.2, 0.25) is 5.91 Å². The number of nitrogens with two attached hydrogens (primary N) is 1. The minimum atomic E-state index is -0.868. The third kappa shape index (κ3) is 5.88. The molecule has 4 N–H and O–H groups in total. The number of hydrazine groups is 1. The molecule has 0 bridgehead atoms. The van der Waals surface area contributed by atoms with Crippen molar-refractivity contribution in [1.82, 2.24) is 10.9 Å². The average molecular weight is 477 g/mol. The van der Waals surface area contributed by atoms with Gasteiger partial charge in [-0.1, -0.05) is 31.2 Å². The first-order valence-electron chi connectivity index (χ1n) is 11.5. The van der Waals surface area contributed by atoms with E-state index in [0.29, 0.717) is 43.0 Å². The number of amides is 3. The summed E-state index contributed by atoms with van der Waals surface area (Å²) < 4.78 is 10.6. The third-order valence-corrected chi connectivity index (χ3v) is 5.72. The number of carbonyl (C=O) groups is 3. The summed E-state index contributed by atoms with van der Waals surface area (Å²) in [6, 6.07) is 16.6. The van der Waals surface area contributed by atoms with Crippen LogP contribution in [0, 0.1) is 0 Å². The average Bonchev–Trinajstić information content (AvgIpc) is 3.34. The Morgan fingerprint density at radius 3 is 2.63 bits per heavy atom. The fraction of sp³-hybridized carbons (Fsp3) is 0.269. The van der Waals surface area contributed by atoms with Crippen molar-refractivity contribution in [2.75, 3.05) is 11.4 Å². The smallest absolute Gasteiger partial charge is 0.404 e. The number of hydrogen-bond acceptors (Lipinski definition) is 6. The highest BCUT2D eigenvalue weighted by Gasteiger charge is 2.25. The number of hydrogen-bond donors (Lipinski definition) is 3. The number of primary amides is 1. The van der Waals surface area contributed by atoms with Crippen molar-refractivity contribution in [2.24, 2.45) is 5.73 Å². The van der Waals surface area contributed by atoms with Crippen molar-refractivity contribution in [1.29, 1.82) is 0 Å². The van der Waals surface area contributed by atoms with Crippen LogP contribution in [0.15, 0.2) is 59.0 Å². The summed E-state index contributed by atoms with van der Waals surface area (Å²) in [6.07, 6.45) is 1.15. The number of anilines is 1. The molecule has 1 aliphatic rings. The molecule has 0 unspecified atom stereocenters. The first kappa shape index (κ1) is 24.0. The molecule has 2 aromatic carbocycles. The van der Waals surface area contributed by atoms with Gasteiger partial charge in [-0.05, 0) is 54.3 Å². The van der Waals surface area contributed by atoms with Gasteiger partial charge in [0.25, 0.3) is 5.91 Å². The molecule has 0 radical (unpaired) electrons. The third-order valence-electron chi connectivity index (χ3n) is 5.72. The lowest BCUT2D eigenvalue weighted by Gasteiger charge is -2.30. The molecule has 3 aromatic rings. The molecule has 9 nitrogen and oxygen atoms in total. The van der Waals surface area contributed by atoms with Crippen LogP contribution in [0.2, 0.25) is 0 Å². The van der Waals surface area contributed by atoms with Crippen LogP contribution in [0.3, 0.4) is 0 Å². The maximum absolute atomic E-state index is 12.9. The lowest BCUT2D eigenvalue weighted by molar-refractivity contribution is -0.119. The Labute approximate surface area is 203 Å². The molecule has 0 saturated carbocycles. The largest absolute Gasteiger partial charge is 0.457 e. The Balaban J connectivity index is 1.51. The van der Waals surface area contributed by atoms with E-state index in [4.69, 9.17) is 14.9 Å². The number of nitrogens with one attached hydrogen (secondary N) is 2. The molecule has 1 aliphatic heterocycles. The lowest BCUT2D eigenvalue weighted by atomic mass is 9.97. The predicted octanol–water partition coefficient (Wildman–Crippen LogP) is 3.67. The summed E-state index contributed by atoms with van der Waals surface area (Å²) in [5, 5.41) is 0. The molecular formula is C26H28N4O5. The number of aryl methyl sites for hydroxylation is 1. The van der Waals surface area contributed by atoms with E-state index in [-0.39, 0.29) is 18.4 Å². The molecule has 0 spiro atoms. The van der Waals surface area contributed by atoms with Crippen molar-refractivity contribution in [3.63, 3.8) is 0 Å². The minimum Gasteiger partial charge on any atom is -0.457 e. The number of nitrogens with zero attached hydrogens (tertiary/aromatic N) is 1. The normalized spacial score (nSPS) is 12.8. The van der Waals surface area contributed by atoms with Crippen molar-refractivity contribution in [3.05, 3.63) is 77.0 Å². The van der Waals surface area contributed by atoms with Gasteiger partial charge in [0.15, 0.2) is 6.61 Å². The van der Waals surface area contributed by atoms with E-state index in [2.05, 4.69) is 10.9 Å². The van der Waals surface area contributed by atoms with E-state index >= 15 is 0 Å². The Morgan fingerprint density at radius 2 is 1.89 bits per heavy atom. The zero-order valence-electron chi connectivity index (χ0n) is 19.5. The van der Waals surface area contributed by atoms with Gasteiger partial charge in [0.1, 0.15) is 11.5 Å². The van der Waals surface area contributed by atoms with Crippen molar-refractivity contribution < 1.29 is 23.5 Å². The first-order valence-corrected chi connectivity index (χ1v) is 11.5. The minimum absolute atomic E-state index is 0.0372. The summed E-state index contributed by atoms with van der Waals surface area (Å²) in [6.45, 7) is 3.06. The summed E-state index contributed by atoms with van der Waals surface area (Å²) in [5.41, 5.74) is 14.7. The van der Waals surface area contributed by atoms with Crippen LogP contribution in [0.25, 0.3) is 11.3 Å². The monoisotopic (exact) mass is 476 g/mol. The fourth-order valence-corrected chi connectivity index (χ4v) is 3.90. The number of ether oxygens (including phenoxy) is 1. The number of fused-ring (bicyclic) bond motifs is 1. The molecule has 0 aliphatic carbocycles. The molecule has 35 heavy (non-hydrogen) atoms. The Bertz CT molecular complexity index is 1220. The van der Waals surface area contributed by atoms with Gasteiger partial charge >= 0.3 is 6.09 Å². The highest BCUT2D eigenvalue weighted by Crippen LogP contribution is 2.34. The van der Waals surface area contributed by atoms with E-state index in [1.54, 1.807) is 29.2 Å². The topological polar surface area (TPSA) is 127 Å². The molecular weight excluding hydrogens is 448 g/mol. The van der Waals surface area contributed by atoms with Gasteiger partial charge in [-0.3, -0.25) is 15.0 Å². The van der Waals surface area contributed by atoms with Gasteiger partial charge in [-0.25, -0.2) is 10.2 Å². The zero-order chi connectivity index (χ0) is 24.8. The molecule has 3 amide bonds. The van der Waals surface area contributed by atoms with Crippen molar-refractivity contribution >= 4 is 23.6 Å². The van der Waals surface area contributed by atoms with Gasteiger partial charge < -0.3 is 19.8 Å². The molecule has 0 atom stereocenters. The van der Waals surface area contributed by atoms with E-state index in [0.717, 1.165) is 28.8 Å². The molecule has 4 rings (SSSR count). The number of benzene rings is 2. The quantitative estimate of drug-likeness (QED) is 0.320. The zero-order valence-corrected chi connectivity index (χ0v) is 19.5. The Kier molecular flexibility index (Phi) is 7.47. The van der Waals surface area contributed by atoms with E-state index in [1.165, 1.54) is 0 Å². The SMILES string of the molecule is CCCNNC(=O)c1ccc(CN2C(=O)CCc3ccc(-c4ccc(COC(N)=O)o4)cc32)cc1. The van der Waals surface area contributed by atoms with Crippen LogP contribution in [0.4, 0.5) is 10.5 Å². The summed E-state index contributed by atoms with van der Waals surface area (Å²) >= 11 is 0. The van der Waals surface area contributed by atoms with E-state index in [9.17, 15) is 14.4 Å². The van der Waals surface area contributed by atoms with Crippen LogP contribution in [0.1, 0.15) is 47.0 Å². The number of rotatable bonds is 9. The highest BCUT2D eigenvalue weighted by molar-refractivity contribution is 5.97. The first-order chi connectivity index (χ1) is 16.9. The maximum Gasteiger partial charge on any atom is 0.404 e. The van der Waals surface area contributed by atoms with E-state index < -0.39 is 6.09 Å². The van der Waals surface area contributed by atoms with Gasteiger partial charge in [0, 0.05) is 29.8 Å². The van der Waals surface area contributed by atoms with Crippen LogP contribution >= 0.6 is 0 Å². The molecule has 0 saturated heterocycles. The van der Waals surface area contributed by atoms with Crippen LogP contribution < -0.4 is 21.5 Å². The van der Waals surface area contributed by atoms with Crippen LogP contribution in [-0.4, -0.2) is 24.5 Å². The van der Waals surface area contributed by atoms with Crippen molar-refractivity contribution in [2.45, 2.75) is 39.3 Å². The summed E-state index contributed by atoms with van der Waals surface area (Å²) in [5.74, 6) is 0.905. The highest BCUT2D eigenvalue weighted by atomic mass is 16.6. The second kappa shape index (κ2) is 10.9. The molecule has 9 heteroatoms. The van der Waals surface area contributed by atoms with E-state index in [1.807, 2.05) is 37.3 Å². The summed E-state index contributed by atoms with van der Waals surface area (Å²) in [4.78, 5) is 37.7. The fourth-order valence-electron chi connectivity index (χ4n) is 3.90. The Hall–Kier alpha value is -4.11. The summed E-state index contributed by atoms with van der Waals surface area (Å²) in [7, 11) is 0. The van der Waals surface area contributed by atoms with Gasteiger partial charge in [0.05, 0.1) is 6.54 Å². The lowest BCUT2D eigenvalue weighted by Crippen LogP contribution is -2.37. The Morgan fingerprint density at radius 1 is 1.09 bits per heavy atom.